The van der Waals surface area contributed by atoms with Crippen LogP contribution in [0.2, 0.25) is 0 Å². The van der Waals surface area contributed by atoms with Crippen LogP contribution in [0.15, 0.2) is 103 Å². The van der Waals surface area contributed by atoms with E-state index in [-0.39, 0.29) is 0 Å². The van der Waals surface area contributed by atoms with E-state index in [1.54, 1.807) is 0 Å². The Morgan fingerprint density at radius 1 is 0.600 bits per heavy atom. The molecule has 0 radical (unpaired) electrons. The number of anilines is 2. The first-order valence-electron chi connectivity index (χ1n) is 14.7. The fourth-order valence-corrected chi connectivity index (χ4v) is 5.48. The molecule has 0 atom stereocenters. The van der Waals surface area contributed by atoms with Crippen LogP contribution in [0.25, 0.3) is 0 Å². The molecule has 4 aromatic rings. The van der Waals surface area contributed by atoms with Crippen LogP contribution in [-0.4, -0.2) is 43.1 Å². The van der Waals surface area contributed by atoms with E-state index in [0.717, 1.165) is 62.4 Å². The second-order valence-electron chi connectivity index (χ2n) is 11.6. The summed E-state index contributed by atoms with van der Waals surface area (Å²) in [5.41, 5.74) is 14.8. The molecule has 0 bridgehead atoms. The smallest absolute Gasteiger partial charge is 0.104 e. The van der Waals surface area contributed by atoms with Crippen LogP contribution in [0.4, 0.5) is 11.4 Å². The highest BCUT2D eigenvalue weighted by Crippen LogP contribution is 2.20. The van der Waals surface area contributed by atoms with Crippen LogP contribution in [0.3, 0.4) is 0 Å². The fourth-order valence-electron chi connectivity index (χ4n) is 5.48. The maximum absolute atomic E-state index is 5.86. The van der Waals surface area contributed by atoms with Crippen molar-refractivity contribution in [3.63, 3.8) is 0 Å². The Hall–Kier alpha value is -3.60. The van der Waals surface area contributed by atoms with Gasteiger partial charge in [0, 0.05) is 48.7 Å². The van der Waals surface area contributed by atoms with E-state index in [9.17, 15) is 0 Å². The van der Waals surface area contributed by atoms with Crippen LogP contribution >= 0.6 is 0 Å². The van der Waals surface area contributed by atoms with Crippen molar-refractivity contribution < 1.29 is 4.48 Å². The molecule has 0 aliphatic rings. The third kappa shape index (κ3) is 8.97. The lowest BCUT2D eigenvalue weighted by Gasteiger charge is -2.30. The molecule has 0 fully saturated rings. The number of hydrogen-bond donors (Lipinski definition) is 1. The van der Waals surface area contributed by atoms with Crippen LogP contribution in [0.5, 0.6) is 0 Å². The van der Waals surface area contributed by atoms with Crippen LogP contribution < -0.4 is 10.6 Å². The SMILES string of the molecule is CCN(Cc1ccc(N)cc1)Cc1cccc(CCN(CC)c2ccc(C[N+](C)(C)Cc3ccccc3)cc2)c1. The number of likely N-dealkylation sites (N-methyl/N-ethyl adjacent to an activating group) is 1. The molecular formula is C36H47N4+. The first-order valence-corrected chi connectivity index (χ1v) is 14.7. The molecule has 0 spiro atoms. The average Bonchev–Trinajstić information content (AvgIpc) is 2.95. The molecule has 0 saturated carbocycles. The van der Waals surface area contributed by atoms with Gasteiger partial charge in [-0.25, -0.2) is 0 Å². The minimum absolute atomic E-state index is 0.818. The summed E-state index contributed by atoms with van der Waals surface area (Å²) in [5.74, 6) is 0. The molecule has 0 amide bonds. The third-order valence-electron chi connectivity index (χ3n) is 7.65. The van der Waals surface area contributed by atoms with E-state index in [0.29, 0.717) is 0 Å². The van der Waals surface area contributed by atoms with Crippen molar-refractivity contribution in [2.24, 2.45) is 0 Å². The number of nitrogens with zero attached hydrogens (tertiary/aromatic N) is 3. The first kappa shape index (κ1) is 29.4. The normalized spacial score (nSPS) is 11.6. The van der Waals surface area contributed by atoms with Crippen molar-refractivity contribution in [3.8, 4) is 0 Å². The Morgan fingerprint density at radius 2 is 1.18 bits per heavy atom. The highest BCUT2D eigenvalue weighted by Gasteiger charge is 2.17. The van der Waals surface area contributed by atoms with Gasteiger partial charge in [0.25, 0.3) is 0 Å². The molecular weight excluding hydrogens is 488 g/mol. The lowest BCUT2D eigenvalue weighted by atomic mass is 10.1. The summed E-state index contributed by atoms with van der Waals surface area (Å²) in [6.45, 7) is 11.4. The quantitative estimate of drug-likeness (QED) is 0.138. The van der Waals surface area contributed by atoms with Gasteiger partial charge in [0.05, 0.1) is 14.1 Å². The molecule has 0 heterocycles. The molecule has 40 heavy (non-hydrogen) atoms. The van der Waals surface area contributed by atoms with Crippen molar-refractivity contribution in [1.82, 2.24) is 4.90 Å². The van der Waals surface area contributed by atoms with Gasteiger partial charge in [0.2, 0.25) is 0 Å². The van der Waals surface area contributed by atoms with Gasteiger partial charge in [-0.2, -0.15) is 0 Å². The van der Waals surface area contributed by atoms with Crippen molar-refractivity contribution in [2.45, 2.75) is 46.4 Å². The molecule has 0 aliphatic heterocycles. The van der Waals surface area contributed by atoms with E-state index < -0.39 is 0 Å². The molecule has 0 aromatic heterocycles. The molecule has 0 aliphatic carbocycles. The maximum Gasteiger partial charge on any atom is 0.104 e. The Balaban J connectivity index is 1.32. The second-order valence-corrected chi connectivity index (χ2v) is 11.6. The van der Waals surface area contributed by atoms with Crippen molar-refractivity contribution in [3.05, 3.63) is 131 Å². The standard InChI is InChI=1S/C36H47N4/c1-5-38(26-31-15-19-35(37)20-16-31)27-34-14-10-13-30(25-34)23-24-39(6-2)36-21-17-33(18-22-36)29-40(3,4)28-32-11-8-7-9-12-32/h7-22,25H,5-6,23-24,26-29,37H2,1-4H3/q+1. The zero-order valence-corrected chi connectivity index (χ0v) is 24.9. The largest absolute Gasteiger partial charge is 0.399 e. The van der Waals surface area contributed by atoms with Crippen molar-refractivity contribution in [1.29, 1.82) is 0 Å². The minimum Gasteiger partial charge on any atom is -0.399 e. The van der Waals surface area contributed by atoms with Gasteiger partial charge >= 0.3 is 0 Å². The number of benzene rings is 4. The number of rotatable bonds is 14. The summed E-state index contributed by atoms with van der Waals surface area (Å²) >= 11 is 0. The molecule has 4 rings (SSSR count). The lowest BCUT2D eigenvalue weighted by Crippen LogP contribution is -2.37. The zero-order chi connectivity index (χ0) is 28.4. The Bertz CT molecular complexity index is 1300. The Morgan fingerprint density at radius 3 is 1.82 bits per heavy atom. The zero-order valence-electron chi connectivity index (χ0n) is 24.9. The second kappa shape index (κ2) is 14.2. The number of nitrogen functional groups attached to an aromatic ring is 1. The highest BCUT2D eigenvalue weighted by molar-refractivity contribution is 5.47. The van der Waals surface area contributed by atoms with Crippen LogP contribution in [0, 0.1) is 0 Å². The lowest BCUT2D eigenvalue weighted by molar-refractivity contribution is -0.916. The summed E-state index contributed by atoms with van der Waals surface area (Å²) in [6.07, 6.45) is 1.04. The maximum atomic E-state index is 5.86. The summed E-state index contributed by atoms with van der Waals surface area (Å²) in [6, 6.07) is 37.4. The minimum atomic E-state index is 0.818. The first-order chi connectivity index (χ1) is 19.3. The average molecular weight is 536 g/mol. The van der Waals surface area contributed by atoms with E-state index in [1.165, 1.54) is 33.5 Å². The summed E-state index contributed by atoms with van der Waals surface area (Å²) in [4.78, 5) is 4.96. The van der Waals surface area contributed by atoms with Gasteiger partial charge < -0.3 is 15.1 Å². The van der Waals surface area contributed by atoms with Gasteiger partial charge in [-0.05, 0) is 60.8 Å². The van der Waals surface area contributed by atoms with Crippen molar-refractivity contribution in [2.75, 3.05) is 44.4 Å². The van der Waals surface area contributed by atoms with E-state index in [1.807, 2.05) is 12.1 Å². The number of hydrogen-bond acceptors (Lipinski definition) is 3. The molecule has 4 aromatic carbocycles. The van der Waals surface area contributed by atoms with Crippen LogP contribution in [-0.2, 0) is 32.6 Å². The monoisotopic (exact) mass is 535 g/mol. The predicted octanol–water partition coefficient (Wildman–Crippen LogP) is 7.14. The predicted molar refractivity (Wildman–Crippen MR) is 171 cm³/mol. The molecule has 210 valence electrons. The summed E-state index contributed by atoms with van der Waals surface area (Å²) in [5, 5.41) is 0. The van der Waals surface area contributed by atoms with Gasteiger partial charge in [-0.15, -0.1) is 0 Å². The van der Waals surface area contributed by atoms with Gasteiger partial charge in [-0.3, -0.25) is 4.90 Å². The summed E-state index contributed by atoms with van der Waals surface area (Å²) < 4.78 is 0.937. The molecule has 0 unspecified atom stereocenters. The van der Waals surface area contributed by atoms with Gasteiger partial charge in [0.15, 0.2) is 0 Å². The van der Waals surface area contributed by atoms with E-state index >= 15 is 0 Å². The molecule has 0 saturated heterocycles. The molecule has 2 N–H and O–H groups in total. The molecule has 4 nitrogen and oxygen atoms in total. The summed E-state index contributed by atoms with van der Waals surface area (Å²) in [7, 11) is 4.62. The van der Waals surface area contributed by atoms with Crippen molar-refractivity contribution >= 4 is 11.4 Å². The van der Waals surface area contributed by atoms with Crippen LogP contribution in [0.1, 0.15) is 41.7 Å². The number of nitrogens with two attached hydrogens (primary N) is 1. The topological polar surface area (TPSA) is 32.5 Å². The Labute approximate surface area is 242 Å². The van der Waals surface area contributed by atoms with Gasteiger partial charge in [0.1, 0.15) is 13.1 Å². The third-order valence-corrected chi connectivity index (χ3v) is 7.65. The fraction of sp³-hybridized carbons (Fsp3) is 0.333. The van der Waals surface area contributed by atoms with E-state index in [2.05, 4.69) is 129 Å². The molecule has 4 heteroatoms. The van der Waals surface area contributed by atoms with E-state index in [4.69, 9.17) is 5.73 Å². The van der Waals surface area contributed by atoms with Gasteiger partial charge in [-0.1, -0.05) is 85.8 Å². The Kier molecular flexibility index (Phi) is 10.4. The number of quaternary nitrogens is 1. The highest BCUT2D eigenvalue weighted by atomic mass is 15.3.